The minimum Gasteiger partial charge on any atom is -0.478 e. The summed E-state index contributed by atoms with van der Waals surface area (Å²) >= 11 is 0. The fraction of sp³-hybridized carbons (Fsp3) is 0.700. The van der Waals surface area contributed by atoms with Gasteiger partial charge in [0.15, 0.2) is 0 Å². The Morgan fingerprint density at radius 2 is 2.00 bits per heavy atom. The first-order valence-corrected chi connectivity index (χ1v) is 7.14. The van der Waals surface area contributed by atoms with Crippen LogP contribution in [-0.4, -0.2) is 49.0 Å². The van der Waals surface area contributed by atoms with Gasteiger partial charge in [-0.25, -0.2) is 4.79 Å². The van der Waals surface area contributed by atoms with Crippen LogP contribution in [0.15, 0.2) is 11.3 Å². The van der Waals surface area contributed by atoms with Gasteiger partial charge in [0.2, 0.25) is 0 Å². The highest BCUT2D eigenvalue weighted by molar-refractivity contribution is 7.87. The van der Waals surface area contributed by atoms with E-state index in [1.807, 2.05) is 0 Å². The molecule has 20 heavy (non-hydrogen) atoms. The first-order chi connectivity index (χ1) is 9.04. The molecule has 0 amide bonds. The second-order valence-corrected chi connectivity index (χ2v) is 6.28. The zero-order valence-electron chi connectivity index (χ0n) is 10.3. The average Bonchev–Trinajstić information content (AvgIpc) is 2.53. The van der Waals surface area contributed by atoms with Crippen LogP contribution in [0.2, 0.25) is 0 Å². The molecule has 10 heteroatoms. The molecule has 2 atom stereocenters. The largest absolute Gasteiger partial charge is 0.534 e. The second-order valence-electron chi connectivity index (χ2n) is 4.74. The van der Waals surface area contributed by atoms with Gasteiger partial charge in [0.25, 0.3) is 0 Å². The minimum atomic E-state index is -5.84. The monoisotopic (exact) mass is 315 g/mol. The van der Waals surface area contributed by atoms with Crippen molar-refractivity contribution >= 4 is 16.1 Å². The van der Waals surface area contributed by atoms with Crippen molar-refractivity contribution in [1.82, 2.24) is 4.90 Å². The molecule has 1 fully saturated rings. The number of nitrogens with zero attached hydrogens (tertiary/aromatic N) is 1. The van der Waals surface area contributed by atoms with Crippen LogP contribution in [0.5, 0.6) is 0 Å². The van der Waals surface area contributed by atoms with E-state index >= 15 is 0 Å². The number of carbonyl (C=O) groups is 1. The van der Waals surface area contributed by atoms with Gasteiger partial charge in [-0.3, -0.25) is 4.90 Å². The van der Waals surface area contributed by atoms with E-state index < -0.39 is 39.0 Å². The van der Waals surface area contributed by atoms with Crippen LogP contribution >= 0.6 is 0 Å². The fourth-order valence-corrected chi connectivity index (χ4v) is 3.15. The number of halogens is 3. The Labute approximate surface area is 112 Å². The lowest BCUT2D eigenvalue weighted by atomic mass is 10.0. The van der Waals surface area contributed by atoms with Crippen molar-refractivity contribution in [2.45, 2.75) is 36.9 Å². The Balaban J connectivity index is 2.41. The fourth-order valence-electron chi connectivity index (χ4n) is 2.64. The van der Waals surface area contributed by atoms with Gasteiger partial charge in [-0.15, -0.1) is 0 Å². The summed E-state index contributed by atoms with van der Waals surface area (Å²) < 4.78 is 63.0. The van der Waals surface area contributed by atoms with Crippen molar-refractivity contribution in [3.05, 3.63) is 11.3 Å². The third-order valence-electron chi connectivity index (χ3n) is 3.62. The Bertz CT molecular complexity index is 568. The number of carboxylic acid groups (broad SMARTS) is 1. The SMILES string of the molecule is CN1C2CCC1C(C(=O)O)=C(OS(=O)(=O)C(F)(F)F)C2. The number of hydrogen-bond donors (Lipinski definition) is 1. The van der Waals surface area contributed by atoms with E-state index in [1.165, 1.54) is 0 Å². The highest BCUT2D eigenvalue weighted by Gasteiger charge is 2.51. The van der Waals surface area contributed by atoms with Crippen LogP contribution < -0.4 is 0 Å². The number of carboxylic acids is 1. The predicted octanol–water partition coefficient (Wildman–Crippen LogP) is 1.06. The molecular formula is C10H12F3NO5S. The van der Waals surface area contributed by atoms with Crippen molar-refractivity contribution in [2.24, 2.45) is 0 Å². The maximum atomic E-state index is 12.3. The Kier molecular flexibility index (Phi) is 3.49. The van der Waals surface area contributed by atoms with E-state index in [-0.39, 0.29) is 12.5 Å². The number of aliphatic carboxylic acids is 1. The molecule has 0 aromatic heterocycles. The summed E-state index contributed by atoms with van der Waals surface area (Å²) in [6.45, 7) is 0. The molecule has 2 bridgehead atoms. The molecule has 0 aromatic rings. The molecule has 2 unspecified atom stereocenters. The molecule has 2 aliphatic heterocycles. The average molecular weight is 315 g/mol. The van der Waals surface area contributed by atoms with Crippen LogP contribution in [-0.2, 0) is 19.1 Å². The van der Waals surface area contributed by atoms with Crippen molar-refractivity contribution < 1.29 is 35.7 Å². The minimum absolute atomic E-state index is 0.163. The molecular weight excluding hydrogens is 303 g/mol. The molecule has 0 aromatic carbocycles. The van der Waals surface area contributed by atoms with Crippen molar-refractivity contribution in [2.75, 3.05) is 7.05 Å². The lowest BCUT2D eigenvalue weighted by molar-refractivity contribution is -0.133. The molecule has 2 rings (SSSR count). The molecule has 0 aliphatic carbocycles. The number of fused-ring (bicyclic) bond motifs is 2. The normalized spacial score (nSPS) is 27.8. The number of rotatable bonds is 3. The molecule has 0 spiro atoms. The smallest absolute Gasteiger partial charge is 0.478 e. The van der Waals surface area contributed by atoms with Gasteiger partial charge in [-0.05, 0) is 19.9 Å². The Hall–Kier alpha value is -1.29. The van der Waals surface area contributed by atoms with Gasteiger partial charge in [0.05, 0.1) is 5.57 Å². The summed E-state index contributed by atoms with van der Waals surface area (Å²) in [5.41, 5.74) is -5.99. The number of alkyl halides is 3. The van der Waals surface area contributed by atoms with E-state index in [0.717, 1.165) is 0 Å². The van der Waals surface area contributed by atoms with Crippen LogP contribution in [0.4, 0.5) is 13.2 Å². The van der Waals surface area contributed by atoms with Crippen LogP contribution in [0.1, 0.15) is 19.3 Å². The van der Waals surface area contributed by atoms with E-state index in [2.05, 4.69) is 4.18 Å². The number of likely N-dealkylation sites (N-methyl/N-ethyl adjacent to an activating group) is 1. The summed E-state index contributed by atoms with van der Waals surface area (Å²) in [6, 6.07) is -0.828. The topological polar surface area (TPSA) is 83.9 Å². The highest BCUT2D eigenvalue weighted by atomic mass is 32.2. The zero-order valence-corrected chi connectivity index (χ0v) is 11.2. The van der Waals surface area contributed by atoms with Crippen molar-refractivity contribution in [1.29, 1.82) is 0 Å². The van der Waals surface area contributed by atoms with E-state index in [9.17, 15) is 26.4 Å². The van der Waals surface area contributed by atoms with Gasteiger partial charge in [-0.2, -0.15) is 21.6 Å². The Morgan fingerprint density at radius 1 is 1.40 bits per heavy atom. The highest BCUT2D eigenvalue weighted by Crippen LogP contribution is 2.40. The van der Waals surface area contributed by atoms with Gasteiger partial charge < -0.3 is 9.29 Å². The summed E-state index contributed by atoms with van der Waals surface area (Å²) in [5.74, 6) is -2.07. The molecule has 2 aliphatic rings. The number of hydrogen-bond acceptors (Lipinski definition) is 5. The summed E-state index contributed by atoms with van der Waals surface area (Å²) in [7, 11) is -4.19. The van der Waals surface area contributed by atoms with E-state index in [1.54, 1.807) is 11.9 Å². The standard InChI is InChI=1S/C10H12F3NO5S/c1-14-5-2-3-6(14)8(9(15)16)7(4-5)19-20(17,18)10(11,12)13/h5-6H,2-4H2,1H3,(H,15,16). The molecule has 1 N–H and O–H groups in total. The molecule has 114 valence electrons. The maximum Gasteiger partial charge on any atom is 0.534 e. The molecule has 0 saturated carbocycles. The predicted molar refractivity (Wildman–Crippen MR) is 59.9 cm³/mol. The first kappa shape index (κ1) is 15.1. The lowest BCUT2D eigenvalue weighted by Gasteiger charge is -2.32. The summed E-state index contributed by atoms with van der Waals surface area (Å²) in [5, 5.41) is 9.11. The van der Waals surface area contributed by atoms with Gasteiger partial charge >= 0.3 is 21.6 Å². The van der Waals surface area contributed by atoms with Crippen molar-refractivity contribution in [3.63, 3.8) is 0 Å². The summed E-state index contributed by atoms with van der Waals surface area (Å²) in [4.78, 5) is 12.9. The maximum absolute atomic E-state index is 12.3. The third kappa shape index (κ3) is 2.37. The van der Waals surface area contributed by atoms with Crippen molar-refractivity contribution in [3.8, 4) is 0 Å². The third-order valence-corrected chi connectivity index (χ3v) is 4.61. The van der Waals surface area contributed by atoms with E-state index in [4.69, 9.17) is 5.11 Å². The van der Waals surface area contributed by atoms with Gasteiger partial charge in [-0.1, -0.05) is 0 Å². The quantitative estimate of drug-likeness (QED) is 0.619. The molecule has 2 heterocycles. The second kappa shape index (κ2) is 4.62. The van der Waals surface area contributed by atoms with Crippen LogP contribution in [0.25, 0.3) is 0 Å². The summed E-state index contributed by atoms with van der Waals surface area (Å²) in [6.07, 6.45) is 0.864. The van der Waals surface area contributed by atoms with Crippen LogP contribution in [0, 0.1) is 0 Å². The Morgan fingerprint density at radius 3 is 2.50 bits per heavy atom. The van der Waals surface area contributed by atoms with Gasteiger partial charge in [0.1, 0.15) is 5.76 Å². The molecule has 0 radical (unpaired) electrons. The lowest BCUT2D eigenvalue weighted by Crippen LogP contribution is -2.41. The van der Waals surface area contributed by atoms with E-state index in [0.29, 0.717) is 12.8 Å². The molecule has 1 saturated heterocycles. The van der Waals surface area contributed by atoms with Gasteiger partial charge in [0, 0.05) is 18.5 Å². The first-order valence-electron chi connectivity index (χ1n) is 5.73. The zero-order chi connectivity index (χ0) is 15.3. The van der Waals surface area contributed by atoms with Crippen LogP contribution in [0.3, 0.4) is 0 Å². The molecule has 6 nitrogen and oxygen atoms in total.